The van der Waals surface area contributed by atoms with Gasteiger partial charge in [-0.05, 0) is 23.0 Å². The maximum atomic E-state index is 10.5. The number of aliphatic hydroxyl groups is 1. The van der Waals surface area contributed by atoms with E-state index in [1.807, 2.05) is 12.2 Å². The summed E-state index contributed by atoms with van der Waals surface area (Å²) in [6, 6.07) is 0. The van der Waals surface area contributed by atoms with E-state index in [9.17, 15) is 5.11 Å². The van der Waals surface area contributed by atoms with E-state index in [0.29, 0.717) is 0 Å². The molecule has 0 bridgehead atoms. The second-order valence-corrected chi connectivity index (χ2v) is 6.92. The van der Waals surface area contributed by atoms with Gasteiger partial charge in [0.05, 0.1) is 13.2 Å². The smallest absolute Gasteiger partial charge is 0.115 e. The molecule has 2 heteroatoms. The highest BCUT2D eigenvalue weighted by Gasteiger charge is 2.54. The second-order valence-electron chi connectivity index (χ2n) is 6.92. The van der Waals surface area contributed by atoms with Crippen LogP contribution in [0.15, 0.2) is 24.0 Å². The zero-order valence-electron chi connectivity index (χ0n) is 12.2. The van der Waals surface area contributed by atoms with Gasteiger partial charge in [-0.2, -0.15) is 0 Å². The van der Waals surface area contributed by atoms with Gasteiger partial charge < -0.3 is 9.84 Å². The Morgan fingerprint density at radius 2 is 1.59 bits per heavy atom. The molecule has 1 aliphatic rings. The first-order valence-electron chi connectivity index (χ1n) is 6.19. The lowest BCUT2D eigenvalue weighted by Crippen LogP contribution is -2.53. The van der Waals surface area contributed by atoms with Crippen LogP contribution >= 0.6 is 0 Å². The summed E-state index contributed by atoms with van der Waals surface area (Å²) < 4.78 is 5.35. The maximum Gasteiger partial charge on any atom is 0.115 e. The predicted octanol–water partition coefficient (Wildman–Crippen LogP) is 3.53. The third-order valence-electron chi connectivity index (χ3n) is 4.00. The molecule has 0 spiro atoms. The first-order valence-corrected chi connectivity index (χ1v) is 6.19. The molecular weight excluding hydrogens is 212 g/mol. The lowest BCUT2D eigenvalue weighted by atomic mass is 9.50. The van der Waals surface area contributed by atoms with Crippen molar-refractivity contribution in [3.8, 4) is 0 Å². The number of hydrogen-bond acceptors (Lipinski definition) is 2. The average Bonchev–Trinajstić information content (AvgIpc) is 2.14. The highest BCUT2D eigenvalue weighted by Crippen LogP contribution is 2.56. The number of ether oxygens (including phenoxy) is 1. The molecular formula is C15H26O2. The van der Waals surface area contributed by atoms with E-state index in [1.54, 1.807) is 7.11 Å². The SMILES string of the molecule is COC1=CC(C(C)(C)C)(C(C)(C)C)C(O)C=C1. The minimum atomic E-state index is -0.485. The summed E-state index contributed by atoms with van der Waals surface area (Å²) in [6.07, 6.45) is 5.30. The molecule has 1 aliphatic carbocycles. The number of allylic oxidation sites excluding steroid dienone is 1. The van der Waals surface area contributed by atoms with Gasteiger partial charge in [0.25, 0.3) is 0 Å². The summed E-state index contributed by atoms with van der Waals surface area (Å²) >= 11 is 0. The summed E-state index contributed by atoms with van der Waals surface area (Å²) in [6.45, 7) is 13.0. The van der Waals surface area contributed by atoms with E-state index >= 15 is 0 Å². The van der Waals surface area contributed by atoms with Gasteiger partial charge in [0.2, 0.25) is 0 Å². The molecule has 0 saturated carbocycles. The van der Waals surface area contributed by atoms with Crippen molar-refractivity contribution in [1.29, 1.82) is 0 Å². The highest BCUT2D eigenvalue weighted by atomic mass is 16.5. The molecule has 98 valence electrons. The maximum absolute atomic E-state index is 10.5. The molecule has 0 saturated heterocycles. The molecule has 0 aromatic rings. The summed E-state index contributed by atoms with van der Waals surface area (Å²) in [7, 11) is 1.67. The third kappa shape index (κ3) is 2.15. The third-order valence-corrected chi connectivity index (χ3v) is 4.00. The number of methoxy groups -OCH3 is 1. The fraction of sp³-hybridized carbons (Fsp3) is 0.733. The Morgan fingerprint density at radius 1 is 1.12 bits per heavy atom. The van der Waals surface area contributed by atoms with E-state index in [-0.39, 0.29) is 16.2 Å². The van der Waals surface area contributed by atoms with Gasteiger partial charge in [-0.25, -0.2) is 0 Å². The monoisotopic (exact) mass is 238 g/mol. The molecule has 0 fully saturated rings. The summed E-state index contributed by atoms with van der Waals surface area (Å²) in [5.74, 6) is 0.833. The Kier molecular flexibility index (Phi) is 3.50. The molecule has 1 rings (SSSR count). The van der Waals surface area contributed by atoms with E-state index in [0.717, 1.165) is 5.76 Å². The lowest BCUT2D eigenvalue weighted by Gasteiger charge is -2.55. The largest absolute Gasteiger partial charge is 0.497 e. The van der Waals surface area contributed by atoms with Crippen LogP contribution in [-0.4, -0.2) is 18.3 Å². The second kappa shape index (κ2) is 4.16. The molecule has 0 amide bonds. The first-order chi connectivity index (χ1) is 7.56. The van der Waals surface area contributed by atoms with Crippen molar-refractivity contribution in [1.82, 2.24) is 0 Å². The highest BCUT2D eigenvalue weighted by molar-refractivity contribution is 5.30. The van der Waals surface area contributed by atoms with Gasteiger partial charge in [0.15, 0.2) is 0 Å². The van der Waals surface area contributed by atoms with Crippen LogP contribution in [0.3, 0.4) is 0 Å². The minimum Gasteiger partial charge on any atom is -0.497 e. The Morgan fingerprint density at radius 3 is 1.94 bits per heavy atom. The molecule has 0 heterocycles. The fourth-order valence-corrected chi connectivity index (χ4v) is 3.27. The summed E-state index contributed by atoms with van der Waals surface area (Å²) in [5, 5.41) is 10.5. The number of aliphatic hydroxyl groups excluding tert-OH is 1. The van der Waals surface area contributed by atoms with Gasteiger partial charge in [-0.1, -0.05) is 47.6 Å². The van der Waals surface area contributed by atoms with Crippen LogP contribution in [0.25, 0.3) is 0 Å². The molecule has 0 aliphatic heterocycles. The summed E-state index contributed by atoms with van der Waals surface area (Å²) in [5.41, 5.74) is -0.446. The average molecular weight is 238 g/mol. The van der Waals surface area contributed by atoms with Crippen LogP contribution in [0.1, 0.15) is 41.5 Å². The van der Waals surface area contributed by atoms with Crippen LogP contribution in [0.2, 0.25) is 0 Å². The van der Waals surface area contributed by atoms with E-state index in [1.165, 1.54) is 0 Å². The van der Waals surface area contributed by atoms with Gasteiger partial charge in [0, 0.05) is 5.41 Å². The van der Waals surface area contributed by atoms with Gasteiger partial charge in [0.1, 0.15) is 5.76 Å². The number of hydrogen-bond donors (Lipinski definition) is 1. The standard InChI is InChI=1S/C15H26O2/c1-13(2,3)15(14(4,5)6)10-11(17-7)8-9-12(15)16/h8-10,12,16H,1-7H3. The summed E-state index contributed by atoms with van der Waals surface area (Å²) in [4.78, 5) is 0. The van der Waals surface area contributed by atoms with Crippen molar-refractivity contribution in [3.63, 3.8) is 0 Å². The van der Waals surface area contributed by atoms with Gasteiger partial charge in [-0.3, -0.25) is 0 Å². The Bertz CT molecular complexity index is 323. The Hall–Kier alpha value is -0.760. The molecule has 1 atom stereocenters. The van der Waals surface area contributed by atoms with Crippen molar-refractivity contribution in [2.24, 2.45) is 16.2 Å². The van der Waals surface area contributed by atoms with Crippen LogP contribution in [-0.2, 0) is 4.74 Å². The van der Waals surface area contributed by atoms with Crippen LogP contribution < -0.4 is 0 Å². The first kappa shape index (κ1) is 14.3. The number of rotatable bonds is 1. The Labute approximate surface area is 105 Å². The van der Waals surface area contributed by atoms with Crippen LogP contribution in [0, 0.1) is 16.2 Å². The van der Waals surface area contributed by atoms with Crippen LogP contribution in [0.5, 0.6) is 0 Å². The van der Waals surface area contributed by atoms with E-state index in [4.69, 9.17) is 4.74 Å². The quantitative estimate of drug-likeness (QED) is 0.757. The van der Waals surface area contributed by atoms with Gasteiger partial charge >= 0.3 is 0 Å². The zero-order valence-corrected chi connectivity index (χ0v) is 12.2. The minimum absolute atomic E-state index is 0.0563. The van der Waals surface area contributed by atoms with Crippen molar-refractivity contribution in [2.75, 3.05) is 7.11 Å². The van der Waals surface area contributed by atoms with E-state index in [2.05, 4.69) is 47.6 Å². The van der Waals surface area contributed by atoms with Crippen molar-refractivity contribution >= 4 is 0 Å². The van der Waals surface area contributed by atoms with Crippen molar-refractivity contribution in [3.05, 3.63) is 24.0 Å². The van der Waals surface area contributed by atoms with Crippen LogP contribution in [0.4, 0.5) is 0 Å². The molecule has 0 aromatic carbocycles. The molecule has 17 heavy (non-hydrogen) atoms. The van der Waals surface area contributed by atoms with Crippen molar-refractivity contribution < 1.29 is 9.84 Å². The molecule has 0 aromatic heterocycles. The molecule has 2 nitrogen and oxygen atoms in total. The topological polar surface area (TPSA) is 29.5 Å². The molecule has 1 N–H and O–H groups in total. The zero-order chi connectivity index (χ0) is 13.5. The Balaban J connectivity index is 3.43. The fourth-order valence-electron chi connectivity index (χ4n) is 3.27. The van der Waals surface area contributed by atoms with Gasteiger partial charge in [-0.15, -0.1) is 0 Å². The molecule has 1 unspecified atom stereocenters. The van der Waals surface area contributed by atoms with E-state index < -0.39 is 6.10 Å². The normalized spacial score (nSPS) is 24.5. The van der Waals surface area contributed by atoms with Crippen molar-refractivity contribution in [2.45, 2.75) is 47.6 Å². The predicted molar refractivity (Wildman–Crippen MR) is 71.6 cm³/mol. The molecule has 0 radical (unpaired) electrons. The lowest BCUT2D eigenvalue weighted by molar-refractivity contribution is -0.0734.